The van der Waals surface area contributed by atoms with E-state index in [0.717, 1.165) is 89.9 Å². The summed E-state index contributed by atoms with van der Waals surface area (Å²) in [6.45, 7) is 6.55. The molecular formula is C72H128O6. The molecule has 0 aromatic heterocycles. The normalized spacial score (nSPS) is 12.5. The molecule has 0 aliphatic rings. The molecule has 0 heterocycles. The number of esters is 3. The van der Waals surface area contributed by atoms with Crippen LogP contribution in [0.4, 0.5) is 0 Å². The van der Waals surface area contributed by atoms with Gasteiger partial charge in [0, 0.05) is 19.3 Å². The number of ether oxygens (including phenoxy) is 3. The molecule has 0 aliphatic heterocycles. The summed E-state index contributed by atoms with van der Waals surface area (Å²) in [5.41, 5.74) is 0. The maximum atomic E-state index is 12.9. The van der Waals surface area contributed by atoms with Gasteiger partial charge in [0.05, 0.1) is 0 Å². The van der Waals surface area contributed by atoms with Crippen LogP contribution in [0, 0.1) is 0 Å². The molecule has 6 nitrogen and oxygen atoms in total. The van der Waals surface area contributed by atoms with Crippen molar-refractivity contribution >= 4 is 17.9 Å². The van der Waals surface area contributed by atoms with Crippen LogP contribution in [0.25, 0.3) is 0 Å². The van der Waals surface area contributed by atoms with Crippen molar-refractivity contribution in [2.24, 2.45) is 0 Å². The molecule has 0 bridgehead atoms. The van der Waals surface area contributed by atoms with Gasteiger partial charge in [-0.15, -0.1) is 0 Å². The van der Waals surface area contributed by atoms with Crippen LogP contribution in [-0.2, 0) is 28.6 Å². The lowest BCUT2D eigenvalue weighted by atomic mass is 10.0. The summed E-state index contributed by atoms with van der Waals surface area (Å²) in [5, 5.41) is 0. The quantitative estimate of drug-likeness (QED) is 0.0261. The summed E-state index contributed by atoms with van der Waals surface area (Å²) in [7, 11) is 0. The largest absolute Gasteiger partial charge is 0.462 e. The Bertz CT molecular complexity index is 1440. The highest BCUT2D eigenvalue weighted by atomic mass is 16.6. The molecule has 0 spiro atoms. The van der Waals surface area contributed by atoms with E-state index >= 15 is 0 Å². The van der Waals surface area contributed by atoms with Gasteiger partial charge in [0.15, 0.2) is 6.10 Å². The van der Waals surface area contributed by atoms with Gasteiger partial charge >= 0.3 is 17.9 Å². The molecule has 452 valence electrons. The van der Waals surface area contributed by atoms with Gasteiger partial charge in [-0.3, -0.25) is 14.4 Å². The van der Waals surface area contributed by atoms with Crippen LogP contribution in [0.15, 0.2) is 72.9 Å². The Morgan fingerprint density at radius 2 is 0.500 bits per heavy atom. The molecule has 0 amide bonds. The van der Waals surface area contributed by atoms with Crippen molar-refractivity contribution < 1.29 is 28.6 Å². The standard InChI is InChI=1S/C72H128O6/c1-4-7-10-13-16-19-22-25-28-31-33-34-35-36-37-38-40-41-44-47-50-53-56-59-62-65-71(74)77-68-69(67-76-70(73)64-61-58-55-52-49-46-43-30-27-24-21-18-15-12-9-6-3)78-72(75)66-63-60-57-54-51-48-45-42-39-32-29-26-23-20-17-14-11-8-5-2/h7,10,16-17,19-20,25-26,28-29,33-34,69H,4-6,8-9,11-15,18,21-24,27,30-32,35-68H2,1-3H3/b10-7-,19-16-,20-17-,28-25-,29-26-,34-33-. The van der Waals surface area contributed by atoms with Gasteiger partial charge in [-0.2, -0.15) is 0 Å². The minimum Gasteiger partial charge on any atom is -0.462 e. The third kappa shape index (κ3) is 63.7. The second-order valence-corrected chi connectivity index (χ2v) is 22.7. The number of hydrogen-bond acceptors (Lipinski definition) is 6. The number of unbranched alkanes of at least 4 members (excludes halogenated alkanes) is 39. The number of allylic oxidation sites excluding steroid dienone is 12. The molecule has 78 heavy (non-hydrogen) atoms. The fourth-order valence-electron chi connectivity index (χ4n) is 9.88. The van der Waals surface area contributed by atoms with Gasteiger partial charge in [-0.1, -0.05) is 312 Å². The summed E-state index contributed by atoms with van der Waals surface area (Å²) in [6, 6.07) is 0. The van der Waals surface area contributed by atoms with Crippen molar-refractivity contribution in [3.8, 4) is 0 Å². The molecule has 0 radical (unpaired) electrons. The predicted molar refractivity (Wildman–Crippen MR) is 339 cm³/mol. The number of hydrogen-bond donors (Lipinski definition) is 0. The third-order valence-corrected chi connectivity index (χ3v) is 14.9. The first-order chi connectivity index (χ1) is 38.5. The van der Waals surface area contributed by atoms with Crippen LogP contribution < -0.4 is 0 Å². The second kappa shape index (κ2) is 66.4. The van der Waals surface area contributed by atoms with E-state index in [4.69, 9.17) is 14.2 Å². The first-order valence-corrected chi connectivity index (χ1v) is 33.9. The zero-order valence-electron chi connectivity index (χ0n) is 51.9. The first kappa shape index (κ1) is 74.8. The fraction of sp³-hybridized carbons (Fsp3) is 0.792. The maximum absolute atomic E-state index is 12.9. The minimum atomic E-state index is -0.778. The number of carbonyl (C=O) groups excluding carboxylic acids is 3. The van der Waals surface area contributed by atoms with Crippen molar-refractivity contribution in [3.05, 3.63) is 72.9 Å². The van der Waals surface area contributed by atoms with Gasteiger partial charge in [0.1, 0.15) is 13.2 Å². The average Bonchev–Trinajstić information content (AvgIpc) is 3.44. The molecule has 6 heteroatoms. The van der Waals surface area contributed by atoms with E-state index in [-0.39, 0.29) is 31.1 Å². The Hall–Kier alpha value is -3.15. The highest BCUT2D eigenvalue weighted by Crippen LogP contribution is 2.17. The molecule has 0 saturated carbocycles. The Balaban J connectivity index is 4.32. The average molecular weight is 1090 g/mol. The van der Waals surface area contributed by atoms with Crippen molar-refractivity contribution in [1.29, 1.82) is 0 Å². The molecule has 1 unspecified atom stereocenters. The number of carbonyl (C=O) groups is 3. The van der Waals surface area contributed by atoms with Gasteiger partial charge in [-0.05, 0) is 89.9 Å². The summed E-state index contributed by atoms with van der Waals surface area (Å²) in [5.74, 6) is -0.858. The molecule has 0 aliphatic carbocycles. The summed E-state index contributed by atoms with van der Waals surface area (Å²) >= 11 is 0. The van der Waals surface area contributed by atoms with Gasteiger partial charge in [0.25, 0.3) is 0 Å². The van der Waals surface area contributed by atoms with Gasteiger partial charge < -0.3 is 14.2 Å². The van der Waals surface area contributed by atoms with Crippen molar-refractivity contribution in [1.82, 2.24) is 0 Å². The lowest BCUT2D eigenvalue weighted by Gasteiger charge is -2.18. The lowest BCUT2D eigenvalue weighted by Crippen LogP contribution is -2.30. The van der Waals surface area contributed by atoms with Gasteiger partial charge in [0.2, 0.25) is 0 Å². The molecule has 0 aromatic carbocycles. The summed E-state index contributed by atoms with van der Waals surface area (Å²) < 4.78 is 17.0. The van der Waals surface area contributed by atoms with Crippen LogP contribution in [0.1, 0.15) is 348 Å². The second-order valence-electron chi connectivity index (χ2n) is 22.7. The third-order valence-electron chi connectivity index (χ3n) is 14.9. The molecule has 1 atom stereocenters. The van der Waals surface area contributed by atoms with Crippen molar-refractivity contribution in [3.63, 3.8) is 0 Å². The highest BCUT2D eigenvalue weighted by molar-refractivity contribution is 5.71. The first-order valence-electron chi connectivity index (χ1n) is 33.9. The predicted octanol–water partition coefficient (Wildman–Crippen LogP) is 23.3. The molecule has 0 aromatic rings. The Morgan fingerprint density at radius 3 is 0.808 bits per heavy atom. The summed E-state index contributed by atoms with van der Waals surface area (Å²) in [4.78, 5) is 38.4. The minimum absolute atomic E-state index is 0.0732. The van der Waals surface area contributed by atoms with Crippen LogP contribution in [0.5, 0.6) is 0 Å². The molecule has 0 rings (SSSR count). The lowest BCUT2D eigenvalue weighted by molar-refractivity contribution is -0.167. The Kier molecular flexibility index (Phi) is 63.7. The van der Waals surface area contributed by atoms with E-state index in [1.807, 2.05) is 0 Å². The monoisotopic (exact) mass is 1090 g/mol. The Morgan fingerprint density at radius 1 is 0.269 bits per heavy atom. The van der Waals surface area contributed by atoms with Crippen LogP contribution in [0.3, 0.4) is 0 Å². The van der Waals surface area contributed by atoms with E-state index < -0.39 is 6.10 Å². The molecule has 0 N–H and O–H groups in total. The van der Waals surface area contributed by atoms with Crippen molar-refractivity contribution in [2.75, 3.05) is 13.2 Å². The number of rotatable bonds is 62. The zero-order chi connectivity index (χ0) is 56.4. The zero-order valence-corrected chi connectivity index (χ0v) is 51.9. The molecule has 0 fully saturated rings. The maximum Gasteiger partial charge on any atom is 0.306 e. The van der Waals surface area contributed by atoms with E-state index in [0.29, 0.717) is 19.3 Å². The van der Waals surface area contributed by atoms with E-state index in [9.17, 15) is 14.4 Å². The SMILES string of the molecule is CC/C=C\C/C=C\C/C=C\C/C=C\CCCCCCCCCCCCCCC(=O)OCC(COC(=O)CCCCCCCCCCCCCCCCCC)OC(=O)CCCCCCCCCCC/C=C\C/C=C\CCCCC. The van der Waals surface area contributed by atoms with Crippen LogP contribution in [0.2, 0.25) is 0 Å². The Labute approximate surface area is 484 Å². The molecule has 0 saturated heterocycles. The topological polar surface area (TPSA) is 78.9 Å². The van der Waals surface area contributed by atoms with E-state index in [2.05, 4.69) is 93.7 Å². The van der Waals surface area contributed by atoms with Crippen LogP contribution in [-0.4, -0.2) is 37.2 Å². The molecular weight excluding hydrogens is 961 g/mol. The van der Waals surface area contributed by atoms with E-state index in [1.54, 1.807) is 0 Å². The fourth-order valence-corrected chi connectivity index (χ4v) is 9.88. The van der Waals surface area contributed by atoms with Gasteiger partial charge in [-0.25, -0.2) is 0 Å². The van der Waals surface area contributed by atoms with E-state index in [1.165, 1.54) is 218 Å². The summed E-state index contributed by atoms with van der Waals surface area (Å²) in [6.07, 6.45) is 86.2. The van der Waals surface area contributed by atoms with Crippen LogP contribution >= 0.6 is 0 Å². The highest BCUT2D eigenvalue weighted by Gasteiger charge is 2.19. The smallest absolute Gasteiger partial charge is 0.306 e. The van der Waals surface area contributed by atoms with Crippen molar-refractivity contribution in [2.45, 2.75) is 354 Å².